The molecule has 2 heterocycles. The second kappa shape index (κ2) is 4.88. The van der Waals surface area contributed by atoms with E-state index in [9.17, 15) is 4.79 Å². The maximum Gasteiger partial charge on any atom is 0.261 e. The molecule has 0 atom stereocenters. The minimum Gasteiger partial charge on any atom is -0.387 e. The van der Waals surface area contributed by atoms with Crippen LogP contribution in [0.25, 0.3) is 0 Å². The largest absolute Gasteiger partial charge is 0.387 e. The lowest BCUT2D eigenvalue weighted by Gasteiger charge is -2.06. The van der Waals surface area contributed by atoms with Crippen molar-refractivity contribution in [2.45, 2.75) is 6.92 Å². The van der Waals surface area contributed by atoms with Gasteiger partial charge in [-0.2, -0.15) is 0 Å². The minimum atomic E-state index is -0.251. The molecule has 0 spiro atoms. The van der Waals surface area contributed by atoms with E-state index < -0.39 is 0 Å². The van der Waals surface area contributed by atoms with Gasteiger partial charge in [-0.3, -0.25) is 15.1 Å². The van der Waals surface area contributed by atoms with Gasteiger partial charge >= 0.3 is 0 Å². The highest BCUT2D eigenvalue weighted by Gasteiger charge is 2.12. The van der Waals surface area contributed by atoms with Crippen molar-refractivity contribution >= 4 is 28.1 Å². The molecule has 0 aliphatic carbocycles. The highest BCUT2D eigenvalue weighted by molar-refractivity contribution is 7.15. The Bertz CT molecular complexity index is 539. The van der Waals surface area contributed by atoms with Crippen LogP contribution in [-0.2, 0) is 0 Å². The van der Waals surface area contributed by atoms with E-state index in [1.165, 1.54) is 17.5 Å². The Labute approximate surface area is 102 Å². The molecular weight excluding hydrogens is 238 g/mol. The molecule has 0 unspecified atom stereocenters. The van der Waals surface area contributed by atoms with Crippen molar-refractivity contribution in [1.29, 1.82) is 0 Å². The van der Waals surface area contributed by atoms with Crippen molar-refractivity contribution < 1.29 is 4.79 Å². The van der Waals surface area contributed by atoms with Gasteiger partial charge in [0.1, 0.15) is 5.01 Å². The number of nitrogens with zero attached hydrogens (tertiary/aromatic N) is 3. The third kappa shape index (κ3) is 2.56. The second-order valence-electron chi connectivity index (χ2n) is 3.25. The lowest BCUT2D eigenvalue weighted by Crippen LogP contribution is -2.14. The van der Waals surface area contributed by atoms with E-state index in [2.05, 4.69) is 25.8 Å². The molecule has 0 radical (unpaired) electrons. The molecule has 0 saturated heterocycles. The lowest BCUT2D eigenvalue weighted by molar-refractivity contribution is 0.102. The third-order valence-electron chi connectivity index (χ3n) is 2.08. The fourth-order valence-corrected chi connectivity index (χ4v) is 1.89. The zero-order valence-corrected chi connectivity index (χ0v) is 10.2. The number of aryl methyl sites for hydroxylation is 1. The Morgan fingerprint density at radius 1 is 1.41 bits per heavy atom. The van der Waals surface area contributed by atoms with Gasteiger partial charge in [-0.15, -0.1) is 10.2 Å². The van der Waals surface area contributed by atoms with Gasteiger partial charge in [0.25, 0.3) is 5.91 Å². The Morgan fingerprint density at radius 2 is 2.24 bits per heavy atom. The number of pyridine rings is 1. The fraction of sp³-hybridized carbons (Fsp3) is 0.200. The number of carbonyl (C=O) groups is 1. The van der Waals surface area contributed by atoms with Crippen molar-refractivity contribution in [3.8, 4) is 0 Å². The molecule has 2 rings (SSSR count). The van der Waals surface area contributed by atoms with Crippen molar-refractivity contribution in [1.82, 2.24) is 15.2 Å². The predicted octanol–water partition coefficient (Wildman–Crippen LogP) is 1.54. The van der Waals surface area contributed by atoms with Crippen molar-refractivity contribution in [3.63, 3.8) is 0 Å². The maximum absolute atomic E-state index is 12.0. The van der Waals surface area contributed by atoms with Gasteiger partial charge in [-0.25, -0.2) is 0 Å². The number of hydrogen-bond donors (Lipinski definition) is 2. The summed E-state index contributed by atoms with van der Waals surface area (Å²) in [5.74, 6) is -0.251. The van der Waals surface area contributed by atoms with Gasteiger partial charge in [0, 0.05) is 25.1 Å². The number of aromatic nitrogens is 3. The Balaban J connectivity index is 2.20. The van der Waals surface area contributed by atoms with Crippen LogP contribution in [0.3, 0.4) is 0 Å². The molecule has 0 aliphatic rings. The molecule has 7 heteroatoms. The molecule has 0 fully saturated rings. The van der Waals surface area contributed by atoms with E-state index in [4.69, 9.17) is 0 Å². The number of amides is 1. The highest BCUT2D eigenvalue weighted by atomic mass is 32.1. The number of hydrogen-bond acceptors (Lipinski definition) is 6. The summed E-state index contributed by atoms with van der Waals surface area (Å²) in [6.45, 7) is 1.83. The molecule has 0 bridgehead atoms. The summed E-state index contributed by atoms with van der Waals surface area (Å²) in [6, 6.07) is 1.74. The average Bonchev–Trinajstić information content (AvgIpc) is 2.74. The number of carbonyl (C=O) groups excluding carboxylic acids is 1. The molecular formula is C10H11N5OS. The number of nitrogens with one attached hydrogen (secondary N) is 2. The number of anilines is 2. The zero-order valence-electron chi connectivity index (χ0n) is 9.39. The van der Waals surface area contributed by atoms with E-state index in [-0.39, 0.29) is 5.91 Å². The summed E-state index contributed by atoms with van der Waals surface area (Å²) in [5.41, 5.74) is 1.20. The summed E-state index contributed by atoms with van der Waals surface area (Å²) >= 11 is 1.33. The third-order valence-corrected chi connectivity index (χ3v) is 2.84. The van der Waals surface area contributed by atoms with Crippen molar-refractivity contribution in [2.75, 3.05) is 17.7 Å². The van der Waals surface area contributed by atoms with Crippen LogP contribution in [0.4, 0.5) is 10.8 Å². The van der Waals surface area contributed by atoms with Crippen LogP contribution in [-0.4, -0.2) is 28.1 Å². The first-order chi connectivity index (χ1) is 8.20. The van der Waals surface area contributed by atoms with Crippen LogP contribution >= 0.6 is 11.3 Å². The van der Waals surface area contributed by atoms with Gasteiger partial charge in [0.2, 0.25) is 5.13 Å². The van der Waals surface area contributed by atoms with Gasteiger partial charge in [-0.05, 0) is 13.0 Å². The lowest BCUT2D eigenvalue weighted by atomic mass is 10.2. The normalized spacial score (nSPS) is 10.0. The maximum atomic E-state index is 12.0. The Hall–Kier alpha value is -2.02. The van der Waals surface area contributed by atoms with Gasteiger partial charge in [0.05, 0.1) is 5.56 Å². The monoisotopic (exact) mass is 249 g/mol. The van der Waals surface area contributed by atoms with Gasteiger partial charge < -0.3 is 5.32 Å². The van der Waals surface area contributed by atoms with E-state index in [0.717, 1.165) is 10.7 Å². The van der Waals surface area contributed by atoms with E-state index in [0.29, 0.717) is 10.7 Å². The predicted molar refractivity (Wildman–Crippen MR) is 66.4 cm³/mol. The first kappa shape index (κ1) is 11.5. The molecule has 1 amide bonds. The summed E-state index contributed by atoms with van der Waals surface area (Å²) in [6.07, 6.45) is 3.13. The second-order valence-corrected chi connectivity index (χ2v) is 4.43. The van der Waals surface area contributed by atoms with Crippen LogP contribution in [0.1, 0.15) is 15.4 Å². The highest BCUT2D eigenvalue weighted by Crippen LogP contribution is 2.17. The minimum absolute atomic E-state index is 0.251. The first-order valence-electron chi connectivity index (χ1n) is 4.94. The first-order valence-corrected chi connectivity index (χ1v) is 5.75. The quantitative estimate of drug-likeness (QED) is 0.862. The van der Waals surface area contributed by atoms with Crippen LogP contribution < -0.4 is 10.6 Å². The molecule has 2 aromatic heterocycles. The fourth-order valence-electron chi connectivity index (χ4n) is 1.30. The molecule has 88 valence electrons. The molecule has 0 aromatic carbocycles. The summed E-state index contributed by atoms with van der Waals surface area (Å²) < 4.78 is 0. The summed E-state index contributed by atoms with van der Waals surface area (Å²) in [7, 11) is 1.75. The summed E-state index contributed by atoms with van der Waals surface area (Å²) in [4.78, 5) is 15.9. The Morgan fingerprint density at radius 3 is 2.88 bits per heavy atom. The SMILES string of the molecule is CNc1ccncc1C(=O)Nc1nnc(C)s1. The van der Waals surface area contributed by atoms with Crippen LogP contribution in [0.2, 0.25) is 0 Å². The average molecular weight is 249 g/mol. The molecule has 0 saturated carbocycles. The van der Waals surface area contributed by atoms with E-state index >= 15 is 0 Å². The summed E-state index contributed by atoms with van der Waals surface area (Å²) in [5, 5.41) is 14.6. The van der Waals surface area contributed by atoms with Crippen molar-refractivity contribution in [3.05, 3.63) is 29.0 Å². The molecule has 0 aliphatic heterocycles. The molecule has 2 aromatic rings. The van der Waals surface area contributed by atoms with Crippen LogP contribution in [0.5, 0.6) is 0 Å². The standard InChI is InChI=1S/C10H11N5OS/c1-6-14-15-10(17-6)13-9(16)7-5-12-4-3-8(7)11-2/h3-5H,1-2H3,(H,11,12)(H,13,15,16). The zero-order chi connectivity index (χ0) is 12.3. The van der Waals surface area contributed by atoms with Gasteiger partial charge in [0.15, 0.2) is 0 Å². The topological polar surface area (TPSA) is 79.8 Å². The smallest absolute Gasteiger partial charge is 0.261 e. The number of rotatable bonds is 3. The molecule has 17 heavy (non-hydrogen) atoms. The molecule has 6 nitrogen and oxygen atoms in total. The van der Waals surface area contributed by atoms with E-state index in [1.807, 2.05) is 6.92 Å². The van der Waals surface area contributed by atoms with E-state index in [1.54, 1.807) is 19.3 Å². The Kier molecular flexibility index (Phi) is 3.29. The molecule has 2 N–H and O–H groups in total. The van der Waals surface area contributed by atoms with Gasteiger partial charge in [-0.1, -0.05) is 11.3 Å². The van der Waals surface area contributed by atoms with Crippen molar-refractivity contribution in [2.24, 2.45) is 0 Å². The van der Waals surface area contributed by atoms with Crippen LogP contribution in [0, 0.1) is 6.92 Å². The van der Waals surface area contributed by atoms with Crippen LogP contribution in [0.15, 0.2) is 18.5 Å².